The summed E-state index contributed by atoms with van der Waals surface area (Å²) in [6, 6.07) is 0. The van der Waals surface area contributed by atoms with Crippen LogP contribution in [0.25, 0.3) is 0 Å². The second-order valence-electron chi connectivity index (χ2n) is 1.26. The molecule has 4 nitrogen and oxygen atoms in total. The van der Waals surface area contributed by atoms with E-state index in [1.54, 1.807) is 0 Å². The van der Waals surface area contributed by atoms with Crippen molar-refractivity contribution in [2.45, 2.75) is 0 Å². The number of hydrogen-bond acceptors (Lipinski definition) is 2. The fourth-order valence-corrected chi connectivity index (χ4v) is 0.108. The van der Waals surface area contributed by atoms with Crippen LogP contribution in [0.4, 0.5) is 8.78 Å². The Morgan fingerprint density at radius 3 is 1.15 bits per heavy atom. The maximum absolute atomic E-state index is 10.7. The van der Waals surface area contributed by atoms with E-state index in [9.17, 15) is 18.4 Å². The molecule has 0 aromatic rings. The van der Waals surface area contributed by atoms with Gasteiger partial charge in [0.05, 0.1) is 24.8 Å². The molecule has 0 unspecified atom stereocenters. The van der Waals surface area contributed by atoms with Gasteiger partial charge >= 0.3 is 11.9 Å². The molecule has 0 saturated heterocycles. The summed E-state index contributed by atoms with van der Waals surface area (Å²) in [7, 11) is 0. The summed E-state index contributed by atoms with van der Waals surface area (Å²) in [4.78, 5) is 18.5. The van der Waals surface area contributed by atoms with Crippen LogP contribution in [0, 0.1) is 0 Å². The summed E-state index contributed by atoms with van der Waals surface area (Å²) < 4.78 is 21.4. The first-order chi connectivity index (χ1) is 5.54. The summed E-state index contributed by atoms with van der Waals surface area (Å²) in [6.07, 6.45) is 0.782. The van der Waals surface area contributed by atoms with Gasteiger partial charge in [0.2, 0.25) is 0 Å². The Morgan fingerprint density at radius 2 is 1.15 bits per heavy atom. The van der Waals surface area contributed by atoms with Crippen LogP contribution < -0.4 is 0 Å². The minimum atomic E-state index is -1.27. The molecule has 0 spiro atoms. The van der Waals surface area contributed by atoms with Gasteiger partial charge in [-0.05, 0) is 0 Å². The van der Waals surface area contributed by atoms with E-state index < -0.39 is 11.9 Å². The first-order valence-corrected chi connectivity index (χ1v) is 2.54. The largest absolute Gasteiger partial charge is 0.478 e. The van der Waals surface area contributed by atoms with Crippen LogP contribution in [0.2, 0.25) is 0 Å². The van der Waals surface area contributed by atoms with E-state index in [4.69, 9.17) is 10.2 Å². The van der Waals surface area contributed by atoms with Gasteiger partial charge in [0.1, 0.15) is 0 Å². The number of carbonyl (C=O) groups is 2. The van der Waals surface area contributed by atoms with Crippen molar-refractivity contribution in [1.82, 2.24) is 0 Å². The van der Waals surface area contributed by atoms with E-state index in [0.29, 0.717) is 12.2 Å². The van der Waals surface area contributed by atoms with Crippen LogP contribution in [0.3, 0.4) is 0 Å². The van der Waals surface area contributed by atoms with Crippen LogP contribution in [-0.2, 0) is 36.9 Å². The van der Waals surface area contributed by atoms with E-state index in [1.165, 1.54) is 0 Å². The maximum Gasteiger partial charge on any atom is 0.330 e. The summed E-state index contributed by atoms with van der Waals surface area (Å²) >= 11 is 0. The van der Waals surface area contributed by atoms with Crippen molar-refractivity contribution < 1.29 is 55.9 Å². The van der Waals surface area contributed by atoms with Crippen LogP contribution >= 0.6 is 0 Å². The number of carboxylic acid groups (broad SMARTS) is 2. The van der Waals surface area contributed by atoms with Gasteiger partial charge in [0.25, 0.3) is 0 Å². The Labute approximate surface area is 92.7 Å². The molecule has 0 fully saturated rings. The van der Waals surface area contributed by atoms with Gasteiger partial charge in [0, 0.05) is 27.3 Å². The van der Waals surface area contributed by atoms with Gasteiger partial charge in [-0.1, -0.05) is 0 Å². The topological polar surface area (TPSA) is 74.6 Å². The second-order valence-corrected chi connectivity index (χ2v) is 1.26. The molecule has 7 heteroatoms. The minimum absolute atomic E-state index is 0. The molecule has 0 aromatic carbocycles. The normalized spacial score (nSPS) is 8.77. The number of carboxylic acids is 2. The summed E-state index contributed by atoms with van der Waals surface area (Å²) in [6.45, 7) is 0. The van der Waals surface area contributed by atoms with E-state index in [0.717, 1.165) is 0 Å². The standard InChI is InChI=1S/2C3H3FO2.Cd/c2*4-2-1-3(5)6;/h2*1-2H,(H,5,6);. The molecule has 0 saturated carbocycles. The summed E-state index contributed by atoms with van der Waals surface area (Å²) in [5, 5.41) is 15.2. The third-order valence-corrected chi connectivity index (χ3v) is 0.411. The molecule has 0 aliphatic heterocycles. The zero-order valence-electron chi connectivity index (χ0n) is 6.48. The number of halogens is 2. The molecule has 0 amide bonds. The van der Waals surface area contributed by atoms with Crippen LogP contribution in [-0.4, -0.2) is 22.2 Å². The van der Waals surface area contributed by atoms with Crippen molar-refractivity contribution in [3.8, 4) is 0 Å². The second kappa shape index (κ2) is 13.8. The fraction of sp³-hybridized carbons (Fsp3) is 0. The monoisotopic (exact) mass is 294 g/mol. The Hall–Kier alpha value is -0.798. The van der Waals surface area contributed by atoms with Crippen molar-refractivity contribution in [3.63, 3.8) is 0 Å². The van der Waals surface area contributed by atoms with Gasteiger partial charge in [-0.25, -0.2) is 18.4 Å². The van der Waals surface area contributed by atoms with E-state index in [1.807, 2.05) is 0 Å². The molecule has 0 rings (SSSR count). The zero-order chi connectivity index (χ0) is 9.98. The zero-order valence-corrected chi connectivity index (χ0v) is 10.5. The molecule has 2 N–H and O–H groups in total. The van der Waals surface area contributed by atoms with Crippen molar-refractivity contribution in [3.05, 3.63) is 24.8 Å². The van der Waals surface area contributed by atoms with Crippen LogP contribution in [0.1, 0.15) is 0 Å². The van der Waals surface area contributed by atoms with Crippen molar-refractivity contribution in [1.29, 1.82) is 0 Å². The molecule has 0 heterocycles. The predicted octanol–water partition coefficient (Wildman–Crippen LogP) is 1.11. The van der Waals surface area contributed by atoms with Crippen molar-refractivity contribution in [2.75, 3.05) is 0 Å². The number of aliphatic carboxylic acids is 2. The Balaban J connectivity index is -0.000000143. The molecular weight excluding hydrogens is 286 g/mol. The summed E-state index contributed by atoms with van der Waals surface area (Å²) in [5.74, 6) is -2.53. The molecule has 0 atom stereocenters. The molecule has 0 aliphatic rings. The van der Waals surface area contributed by atoms with Crippen molar-refractivity contribution in [2.24, 2.45) is 0 Å². The fourth-order valence-electron chi connectivity index (χ4n) is 0.108. The third kappa shape index (κ3) is 35.1. The Kier molecular flexibility index (Phi) is 19.2. The molecule has 0 aromatic heterocycles. The molecule has 0 radical (unpaired) electrons. The Morgan fingerprint density at radius 1 is 0.923 bits per heavy atom. The molecule has 70 valence electrons. The maximum atomic E-state index is 10.7. The smallest absolute Gasteiger partial charge is 0.330 e. The average Bonchev–Trinajstić information content (AvgIpc) is 1.87. The molecule has 0 aliphatic carbocycles. The summed E-state index contributed by atoms with van der Waals surface area (Å²) in [5.41, 5.74) is 0. The SMILES string of the molecule is O=C(O)C=CF.O=C(O)C=CF.[Cd]. The van der Waals surface area contributed by atoms with Crippen LogP contribution in [0.15, 0.2) is 24.8 Å². The minimum Gasteiger partial charge on any atom is -0.478 e. The van der Waals surface area contributed by atoms with Gasteiger partial charge in [-0.3, -0.25) is 0 Å². The van der Waals surface area contributed by atoms with Gasteiger partial charge in [-0.2, -0.15) is 0 Å². The van der Waals surface area contributed by atoms with E-state index in [2.05, 4.69) is 0 Å². The van der Waals surface area contributed by atoms with E-state index >= 15 is 0 Å². The van der Waals surface area contributed by atoms with Gasteiger partial charge < -0.3 is 10.2 Å². The van der Waals surface area contributed by atoms with Gasteiger partial charge in [0.15, 0.2) is 0 Å². The molecule has 0 bridgehead atoms. The molecular formula is C6H6CdF2O4. The van der Waals surface area contributed by atoms with Crippen molar-refractivity contribution >= 4 is 11.9 Å². The first-order valence-electron chi connectivity index (χ1n) is 2.54. The predicted molar refractivity (Wildman–Crippen MR) is 35.8 cm³/mol. The third-order valence-electron chi connectivity index (χ3n) is 0.411. The average molecular weight is 293 g/mol. The number of hydrogen-bond donors (Lipinski definition) is 2. The van der Waals surface area contributed by atoms with Crippen LogP contribution in [0.5, 0.6) is 0 Å². The quantitative estimate of drug-likeness (QED) is 0.590. The Bertz CT molecular complexity index is 181. The van der Waals surface area contributed by atoms with Gasteiger partial charge in [-0.15, -0.1) is 0 Å². The van der Waals surface area contributed by atoms with E-state index in [-0.39, 0.29) is 40.0 Å². The number of rotatable bonds is 2. The molecule has 13 heavy (non-hydrogen) atoms. The first kappa shape index (κ1) is 18.1.